The first-order valence-corrected chi connectivity index (χ1v) is 9.68. The van der Waals surface area contributed by atoms with Gasteiger partial charge < -0.3 is 20.1 Å². The Balaban J connectivity index is 0.00000256. The second-order valence-corrected chi connectivity index (χ2v) is 6.81. The lowest BCUT2D eigenvalue weighted by molar-refractivity contribution is 0.174. The van der Waals surface area contributed by atoms with Gasteiger partial charge >= 0.3 is 0 Å². The molecule has 2 aromatic carbocycles. The highest BCUT2D eigenvalue weighted by Crippen LogP contribution is 2.32. The summed E-state index contributed by atoms with van der Waals surface area (Å²) in [6.07, 6.45) is 4.64. The lowest BCUT2D eigenvalue weighted by Crippen LogP contribution is -2.37. The molecule has 2 heterocycles. The van der Waals surface area contributed by atoms with E-state index in [0.29, 0.717) is 13.3 Å². The third-order valence-corrected chi connectivity index (χ3v) is 4.72. The minimum Gasteiger partial charge on any atom is -0.454 e. The standard InChI is InChI=1S/C22H25N5O2.HI/c1-23-22(24-10-8-17-6-7-20-21(13-17)29-16-28-20)25-14-18-4-2-5-19(12-18)15-27-11-3-9-26-27;/h2-7,9,11-13H,8,10,14-16H2,1H3,(H2,23,24,25);1H. The second-order valence-electron chi connectivity index (χ2n) is 6.81. The van der Waals surface area contributed by atoms with Crippen LogP contribution >= 0.6 is 24.0 Å². The Morgan fingerprint density at radius 2 is 1.90 bits per heavy atom. The largest absolute Gasteiger partial charge is 0.454 e. The third-order valence-electron chi connectivity index (χ3n) is 4.72. The van der Waals surface area contributed by atoms with Crippen LogP contribution in [0.25, 0.3) is 0 Å². The van der Waals surface area contributed by atoms with Gasteiger partial charge in [0.2, 0.25) is 6.79 Å². The van der Waals surface area contributed by atoms with Crippen LogP contribution in [0.2, 0.25) is 0 Å². The fourth-order valence-corrected chi connectivity index (χ4v) is 3.25. The van der Waals surface area contributed by atoms with Gasteiger partial charge in [0.15, 0.2) is 17.5 Å². The highest BCUT2D eigenvalue weighted by atomic mass is 127. The molecule has 2 N–H and O–H groups in total. The average molecular weight is 519 g/mol. The number of hydrogen-bond donors (Lipinski definition) is 2. The van der Waals surface area contributed by atoms with Crippen LogP contribution < -0.4 is 20.1 Å². The Kier molecular flexibility index (Phi) is 7.95. The predicted octanol–water partition coefficient (Wildman–Crippen LogP) is 3.19. The molecule has 0 amide bonds. The van der Waals surface area contributed by atoms with Gasteiger partial charge in [-0.15, -0.1) is 24.0 Å². The van der Waals surface area contributed by atoms with Crippen molar-refractivity contribution >= 4 is 29.9 Å². The Morgan fingerprint density at radius 3 is 2.73 bits per heavy atom. The Labute approximate surface area is 193 Å². The monoisotopic (exact) mass is 519 g/mol. The van der Waals surface area contributed by atoms with Crippen molar-refractivity contribution in [1.82, 2.24) is 20.4 Å². The number of aliphatic imine (C=N–C) groups is 1. The summed E-state index contributed by atoms with van der Waals surface area (Å²) in [7, 11) is 1.78. The van der Waals surface area contributed by atoms with Crippen molar-refractivity contribution in [2.75, 3.05) is 20.4 Å². The first-order valence-electron chi connectivity index (χ1n) is 9.68. The normalized spacial score (nSPS) is 12.4. The molecule has 0 radical (unpaired) electrons. The Bertz CT molecular complexity index is 975. The molecule has 1 aliphatic rings. The van der Waals surface area contributed by atoms with Gasteiger partial charge in [0.05, 0.1) is 6.54 Å². The summed E-state index contributed by atoms with van der Waals surface area (Å²) in [6, 6.07) is 16.5. The number of guanidine groups is 1. The third kappa shape index (κ3) is 5.88. The molecule has 0 saturated heterocycles. The highest BCUT2D eigenvalue weighted by Gasteiger charge is 2.12. The lowest BCUT2D eigenvalue weighted by atomic mass is 10.1. The summed E-state index contributed by atoms with van der Waals surface area (Å²) < 4.78 is 12.7. The SMILES string of the molecule is CN=C(NCCc1ccc2c(c1)OCO2)NCc1cccc(Cn2cccn2)c1.I. The van der Waals surface area contributed by atoms with Crippen LogP contribution in [0, 0.1) is 0 Å². The first-order chi connectivity index (χ1) is 14.3. The maximum absolute atomic E-state index is 5.43. The molecule has 0 aliphatic carbocycles. The minimum absolute atomic E-state index is 0. The van der Waals surface area contributed by atoms with E-state index >= 15 is 0 Å². The highest BCUT2D eigenvalue weighted by molar-refractivity contribution is 14.0. The van der Waals surface area contributed by atoms with E-state index in [1.165, 1.54) is 16.7 Å². The van der Waals surface area contributed by atoms with Crippen molar-refractivity contribution in [2.24, 2.45) is 4.99 Å². The molecule has 0 fully saturated rings. The molecule has 4 rings (SSSR count). The lowest BCUT2D eigenvalue weighted by Gasteiger charge is -2.13. The quantitative estimate of drug-likeness (QED) is 0.285. The minimum atomic E-state index is 0. The van der Waals surface area contributed by atoms with Crippen LogP contribution in [0.1, 0.15) is 16.7 Å². The zero-order valence-corrected chi connectivity index (χ0v) is 19.2. The fraction of sp³-hybridized carbons (Fsp3) is 0.273. The molecule has 30 heavy (non-hydrogen) atoms. The molecule has 3 aromatic rings. The molecule has 0 spiro atoms. The van der Waals surface area contributed by atoms with Crippen LogP contribution in [0.4, 0.5) is 0 Å². The maximum atomic E-state index is 5.43. The van der Waals surface area contributed by atoms with Crippen molar-refractivity contribution in [3.05, 3.63) is 77.6 Å². The Hall–Kier alpha value is -2.75. The van der Waals surface area contributed by atoms with Crippen molar-refractivity contribution in [3.63, 3.8) is 0 Å². The van der Waals surface area contributed by atoms with Crippen LogP contribution in [0.5, 0.6) is 11.5 Å². The predicted molar refractivity (Wildman–Crippen MR) is 128 cm³/mol. The summed E-state index contributed by atoms with van der Waals surface area (Å²) in [5, 5.41) is 11.0. The number of ether oxygens (including phenoxy) is 2. The van der Waals surface area contributed by atoms with Gasteiger partial charge in [0.1, 0.15) is 0 Å². The summed E-state index contributed by atoms with van der Waals surface area (Å²) in [5.74, 6) is 2.41. The smallest absolute Gasteiger partial charge is 0.231 e. The molecule has 1 aromatic heterocycles. The first kappa shape index (κ1) is 21.9. The van der Waals surface area contributed by atoms with E-state index in [-0.39, 0.29) is 24.0 Å². The molecule has 7 nitrogen and oxygen atoms in total. The topological polar surface area (TPSA) is 72.7 Å². The number of rotatable bonds is 7. The zero-order chi connectivity index (χ0) is 19.9. The second kappa shape index (κ2) is 10.9. The van der Waals surface area contributed by atoms with E-state index in [4.69, 9.17) is 9.47 Å². The van der Waals surface area contributed by atoms with E-state index in [2.05, 4.69) is 51.1 Å². The molecule has 0 saturated carbocycles. The van der Waals surface area contributed by atoms with Crippen LogP contribution in [-0.4, -0.2) is 36.1 Å². The maximum Gasteiger partial charge on any atom is 0.231 e. The number of fused-ring (bicyclic) bond motifs is 1. The zero-order valence-electron chi connectivity index (χ0n) is 16.9. The fourth-order valence-electron chi connectivity index (χ4n) is 3.25. The number of nitrogens with zero attached hydrogens (tertiary/aromatic N) is 3. The molecule has 0 unspecified atom stereocenters. The summed E-state index contributed by atoms with van der Waals surface area (Å²) in [5.41, 5.74) is 3.62. The molecule has 0 atom stereocenters. The van der Waals surface area contributed by atoms with Crippen molar-refractivity contribution in [2.45, 2.75) is 19.5 Å². The molecular formula is C22H26IN5O2. The number of halogens is 1. The number of benzene rings is 2. The van der Waals surface area contributed by atoms with Crippen LogP contribution in [0.3, 0.4) is 0 Å². The Morgan fingerprint density at radius 1 is 1.03 bits per heavy atom. The number of nitrogens with one attached hydrogen (secondary N) is 2. The molecule has 8 heteroatoms. The summed E-state index contributed by atoms with van der Waals surface area (Å²) in [6.45, 7) is 2.55. The van der Waals surface area contributed by atoms with Gasteiger partial charge in [-0.1, -0.05) is 30.3 Å². The van der Waals surface area contributed by atoms with Crippen molar-refractivity contribution in [1.29, 1.82) is 0 Å². The van der Waals surface area contributed by atoms with E-state index in [1.54, 1.807) is 13.2 Å². The van der Waals surface area contributed by atoms with Gasteiger partial charge in [-0.25, -0.2) is 0 Å². The summed E-state index contributed by atoms with van der Waals surface area (Å²) >= 11 is 0. The number of aromatic nitrogens is 2. The van der Waals surface area contributed by atoms with E-state index in [1.807, 2.05) is 29.1 Å². The average Bonchev–Trinajstić information content (AvgIpc) is 3.42. The van der Waals surface area contributed by atoms with Crippen LogP contribution in [-0.2, 0) is 19.5 Å². The van der Waals surface area contributed by atoms with E-state index < -0.39 is 0 Å². The van der Waals surface area contributed by atoms with Gasteiger partial charge in [0, 0.05) is 32.5 Å². The van der Waals surface area contributed by atoms with Gasteiger partial charge in [-0.05, 0) is 41.3 Å². The molecule has 158 valence electrons. The van der Waals surface area contributed by atoms with Crippen molar-refractivity contribution < 1.29 is 9.47 Å². The van der Waals surface area contributed by atoms with Crippen molar-refractivity contribution in [3.8, 4) is 11.5 Å². The van der Waals surface area contributed by atoms with E-state index in [9.17, 15) is 0 Å². The van der Waals surface area contributed by atoms with E-state index in [0.717, 1.165) is 37.0 Å². The number of hydrogen-bond acceptors (Lipinski definition) is 4. The molecule has 1 aliphatic heterocycles. The molecule has 0 bridgehead atoms. The van der Waals surface area contributed by atoms with Gasteiger partial charge in [0.25, 0.3) is 0 Å². The summed E-state index contributed by atoms with van der Waals surface area (Å²) in [4.78, 5) is 4.31. The van der Waals surface area contributed by atoms with Crippen LogP contribution in [0.15, 0.2) is 65.9 Å². The van der Waals surface area contributed by atoms with Gasteiger partial charge in [-0.2, -0.15) is 5.10 Å². The molecular weight excluding hydrogens is 493 g/mol. The van der Waals surface area contributed by atoms with Gasteiger partial charge in [-0.3, -0.25) is 9.67 Å².